The lowest BCUT2D eigenvalue weighted by atomic mass is 9.68. The Morgan fingerprint density at radius 1 is 1.12 bits per heavy atom. The van der Waals surface area contributed by atoms with Crippen LogP contribution in [0.2, 0.25) is 10.2 Å². The molecule has 2 heterocycles. The van der Waals surface area contributed by atoms with Gasteiger partial charge in [-0.3, -0.25) is 9.69 Å². The minimum atomic E-state index is -0.684. The number of nitriles is 1. The van der Waals surface area contributed by atoms with Gasteiger partial charge in [0.15, 0.2) is 5.78 Å². The maximum absolute atomic E-state index is 13.7. The average Bonchev–Trinajstić information content (AvgIpc) is 2.78. The Kier molecular flexibility index (Phi) is 5.39. The van der Waals surface area contributed by atoms with Crippen molar-refractivity contribution in [1.82, 2.24) is 4.98 Å². The molecular weight excluding hydrogens is 467 g/mol. The molecule has 5 nitrogen and oxygen atoms in total. The molecule has 1 aliphatic carbocycles. The van der Waals surface area contributed by atoms with Gasteiger partial charge in [-0.05, 0) is 48.2 Å². The lowest BCUT2D eigenvalue weighted by Crippen LogP contribution is -2.42. The molecule has 2 N–H and O–H groups in total. The predicted molar refractivity (Wildman–Crippen MR) is 135 cm³/mol. The minimum absolute atomic E-state index is 0.0142. The Morgan fingerprint density at radius 3 is 2.53 bits per heavy atom. The van der Waals surface area contributed by atoms with Crippen molar-refractivity contribution in [1.29, 1.82) is 5.26 Å². The zero-order valence-electron chi connectivity index (χ0n) is 18.8. The molecule has 0 saturated carbocycles. The Bertz CT molecular complexity index is 1450. The monoisotopic (exact) mass is 488 g/mol. The normalized spacial score (nSPS) is 19.9. The number of carbonyl (C=O) groups is 1. The number of rotatable bonds is 2. The molecule has 1 aliphatic heterocycles. The number of pyridine rings is 1. The van der Waals surface area contributed by atoms with E-state index in [1.807, 2.05) is 47.4 Å². The van der Waals surface area contributed by atoms with E-state index in [-0.39, 0.29) is 27.7 Å². The van der Waals surface area contributed by atoms with Crippen LogP contribution in [0.5, 0.6) is 0 Å². The van der Waals surface area contributed by atoms with E-state index < -0.39 is 5.92 Å². The number of aromatic nitrogens is 1. The van der Waals surface area contributed by atoms with Crippen molar-refractivity contribution in [2.24, 2.45) is 11.1 Å². The molecule has 1 aromatic heterocycles. The van der Waals surface area contributed by atoms with Gasteiger partial charge in [0.2, 0.25) is 0 Å². The van der Waals surface area contributed by atoms with Gasteiger partial charge >= 0.3 is 0 Å². The highest BCUT2D eigenvalue weighted by molar-refractivity contribution is 6.31. The number of fused-ring (bicyclic) bond motifs is 1. The Balaban J connectivity index is 1.80. The van der Waals surface area contributed by atoms with Crippen molar-refractivity contribution in [3.05, 3.63) is 93.0 Å². The molecule has 5 rings (SSSR count). The molecule has 170 valence electrons. The van der Waals surface area contributed by atoms with E-state index in [1.54, 1.807) is 12.1 Å². The number of para-hydroxylation sites is 1. The molecular formula is C27H22Cl2N4O. The van der Waals surface area contributed by atoms with Gasteiger partial charge < -0.3 is 5.73 Å². The maximum atomic E-state index is 13.7. The summed E-state index contributed by atoms with van der Waals surface area (Å²) in [4.78, 5) is 20.0. The first-order valence-electron chi connectivity index (χ1n) is 11.0. The Morgan fingerprint density at radius 2 is 1.82 bits per heavy atom. The number of benzene rings is 2. The van der Waals surface area contributed by atoms with E-state index >= 15 is 0 Å². The van der Waals surface area contributed by atoms with Gasteiger partial charge in [0.05, 0.1) is 23.1 Å². The zero-order chi connectivity index (χ0) is 24.2. The van der Waals surface area contributed by atoms with E-state index in [1.165, 1.54) is 0 Å². The van der Waals surface area contributed by atoms with Crippen LogP contribution in [0, 0.1) is 16.7 Å². The number of anilines is 1. The summed E-state index contributed by atoms with van der Waals surface area (Å²) in [7, 11) is 0. The molecule has 34 heavy (non-hydrogen) atoms. The van der Waals surface area contributed by atoms with Crippen molar-refractivity contribution in [2.45, 2.75) is 32.6 Å². The molecule has 2 aliphatic rings. The quantitative estimate of drug-likeness (QED) is 0.417. The van der Waals surface area contributed by atoms with E-state index in [4.69, 9.17) is 28.9 Å². The smallest absolute Gasteiger partial charge is 0.162 e. The number of nitrogens with zero attached hydrogens (tertiary/aromatic N) is 3. The van der Waals surface area contributed by atoms with Crippen LogP contribution < -0.4 is 10.6 Å². The van der Waals surface area contributed by atoms with E-state index in [2.05, 4.69) is 24.9 Å². The lowest BCUT2D eigenvalue weighted by Gasteiger charge is -2.43. The van der Waals surface area contributed by atoms with Gasteiger partial charge in [0.1, 0.15) is 11.0 Å². The number of Topliss-reactive ketones (excluding diaryl/α,β-unsaturated/α-hetero) is 1. The zero-order valence-corrected chi connectivity index (χ0v) is 20.3. The topological polar surface area (TPSA) is 83.0 Å². The third kappa shape index (κ3) is 3.64. The third-order valence-electron chi connectivity index (χ3n) is 6.48. The van der Waals surface area contributed by atoms with Crippen molar-refractivity contribution in [3.8, 4) is 6.07 Å². The lowest BCUT2D eigenvalue weighted by molar-refractivity contribution is -0.118. The number of allylic oxidation sites excluding steroid dienone is 3. The van der Waals surface area contributed by atoms with E-state index in [9.17, 15) is 10.1 Å². The summed E-state index contributed by atoms with van der Waals surface area (Å²) in [6.45, 7) is 4.13. The second kappa shape index (κ2) is 8.16. The number of ketones is 1. The first kappa shape index (κ1) is 22.5. The number of hydrogen-bond donors (Lipinski definition) is 1. The fraction of sp³-hybridized carbons (Fsp3) is 0.222. The number of nitrogens with two attached hydrogens (primary N) is 1. The van der Waals surface area contributed by atoms with Gasteiger partial charge in [-0.1, -0.05) is 55.2 Å². The van der Waals surface area contributed by atoms with Crippen LogP contribution >= 0.6 is 23.2 Å². The van der Waals surface area contributed by atoms with E-state index in [0.717, 1.165) is 22.3 Å². The van der Waals surface area contributed by atoms with E-state index in [0.29, 0.717) is 29.0 Å². The largest absolute Gasteiger partial charge is 0.384 e. The number of halogens is 2. The van der Waals surface area contributed by atoms with Crippen LogP contribution in [-0.4, -0.2) is 10.8 Å². The van der Waals surface area contributed by atoms with Crippen molar-refractivity contribution in [3.63, 3.8) is 0 Å². The highest BCUT2D eigenvalue weighted by Gasteiger charge is 2.45. The minimum Gasteiger partial charge on any atom is -0.384 e. The molecule has 2 aromatic carbocycles. The van der Waals surface area contributed by atoms with Gasteiger partial charge in [0, 0.05) is 39.4 Å². The summed E-state index contributed by atoms with van der Waals surface area (Å²) in [5.41, 5.74) is 10.1. The van der Waals surface area contributed by atoms with Crippen molar-refractivity contribution >= 4 is 45.6 Å². The summed E-state index contributed by atoms with van der Waals surface area (Å²) in [6.07, 6.45) is 0.985. The SMILES string of the molecule is CC1(C)CC(=O)C2=C(C1)N(c1ccc(Cl)cc1)C(N)=C(C#N)C2c1cc2ccccc2nc1Cl. The number of hydrogen-bond acceptors (Lipinski definition) is 5. The van der Waals surface area contributed by atoms with Gasteiger partial charge in [-0.2, -0.15) is 5.26 Å². The van der Waals surface area contributed by atoms with Crippen molar-refractivity contribution < 1.29 is 4.79 Å². The Labute approximate surface area is 208 Å². The molecule has 0 bridgehead atoms. The van der Waals surface area contributed by atoms with Crippen molar-refractivity contribution in [2.75, 3.05) is 4.90 Å². The summed E-state index contributed by atoms with van der Waals surface area (Å²) in [6, 6.07) is 19.0. The third-order valence-corrected chi connectivity index (χ3v) is 7.04. The molecule has 0 spiro atoms. The molecule has 0 amide bonds. The van der Waals surface area contributed by atoms with Crippen LogP contribution in [0.15, 0.2) is 77.3 Å². The fourth-order valence-electron chi connectivity index (χ4n) is 5.02. The first-order chi connectivity index (χ1) is 16.2. The summed E-state index contributed by atoms with van der Waals surface area (Å²) < 4.78 is 0. The summed E-state index contributed by atoms with van der Waals surface area (Å²) in [5.74, 6) is -0.417. The predicted octanol–water partition coefficient (Wildman–Crippen LogP) is 6.48. The van der Waals surface area contributed by atoms with Gasteiger partial charge in [-0.25, -0.2) is 4.98 Å². The van der Waals surface area contributed by atoms with Crippen LogP contribution in [0.25, 0.3) is 10.9 Å². The molecule has 1 atom stereocenters. The first-order valence-corrected chi connectivity index (χ1v) is 11.7. The molecule has 3 aromatic rings. The fourth-order valence-corrected chi connectivity index (χ4v) is 5.40. The molecule has 7 heteroatoms. The van der Waals surface area contributed by atoms with Gasteiger partial charge in [-0.15, -0.1) is 0 Å². The summed E-state index contributed by atoms with van der Waals surface area (Å²) >= 11 is 12.8. The van der Waals surface area contributed by atoms with Crippen LogP contribution in [0.1, 0.15) is 38.2 Å². The molecule has 0 fully saturated rings. The highest BCUT2D eigenvalue weighted by atomic mass is 35.5. The van der Waals surface area contributed by atoms with Crippen LogP contribution in [-0.2, 0) is 4.79 Å². The summed E-state index contributed by atoms with van der Waals surface area (Å²) in [5, 5.41) is 12.0. The number of carbonyl (C=O) groups excluding carboxylic acids is 1. The Hall–Kier alpha value is -3.33. The standard InChI is InChI=1S/C27H22Cl2N4O/c1-27(2)12-21-24(22(34)13-27)23(18-11-15-5-3-4-6-20(15)32-25(18)29)19(14-30)26(31)33(21)17-9-7-16(28)8-10-17/h3-11,23H,12-13,31H2,1-2H3. The van der Waals surface area contributed by atoms with Crippen LogP contribution in [0.3, 0.4) is 0 Å². The second-order valence-electron chi connectivity index (χ2n) is 9.52. The second-order valence-corrected chi connectivity index (χ2v) is 10.3. The molecule has 0 saturated heterocycles. The van der Waals surface area contributed by atoms with Gasteiger partial charge in [0.25, 0.3) is 0 Å². The molecule has 0 radical (unpaired) electrons. The molecule has 1 unspecified atom stereocenters. The highest BCUT2D eigenvalue weighted by Crippen LogP contribution is 2.51. The van der Waals surface area contributed by atoms with Crippen LogP contribution in [0.4, 0.5) is 5.69 Å². The average molecular weight is 489 g/mol. The maximum Gasteiger partial charge on any atom is 0.162 e.